The molecule has 1 aliphatic rings. The molecule has 1 aliphatic carbocycles. The van der Waals surface area contributed by atoms with Crippen molar-refractivity contribution in [3.8, 4) is 6.07 Å². The van der Waals surface area contributed by atoms with Crippen LogP contribution in [0.15, 0.2) is 0 Å². The van der Waals surface area contributed by atoms with E-state index in [9.17, 15) is 9.59 Å². The van der Waals surface area contributed by atoms with E-state index in [1.807, 2.05) is 6.07 Å². The second-order valence-corrected chi connectivity index (χ2v) is 3.24. The largest absolute Gasteiger partial charge is 0.451 e. The van der Waals surface area contributed by atoms with Crippen molar-refractivity contribution in [2.24, 2.45) is 0 Å². The highest BCUT2D eigenvalue weighted by Gasteiger charge is 2.28. The highest BCUT2D eigenvalue weighted by molar-refractivity contribution is 5.84. The van der Waals surface area contributed by atoms with Crippen molar-refractivity contribution < 1.29 is 14.3 Å². The van der Waals surface area contributed by atoms with Gasteiger partial charge in [0.1, 0.15) is 0 Å². The van der Waals surface area contributed by atoms with Gasteiger partial charge < -0.3 is 10.1 Å². The van der Waals surface area contributed by atoms with E-state index in [2.05, 4.69) is 5.32 Å². The number of hydrogen-bond acceptors (Lipinski definition) is 4. The molecule has 0 aliphatic heterocycles. The van der Waals surface area contributed by atoms with Crippen LogP contribution in [0.5, 0.6) is 0 Å². The summed E-state index contributed by atoms with van der Waals surface area (Å²) < 4.78 is 4.71. The fourth-order valence-electron chi connectivity index (χ4n) is 0.993. The van der Waals surface area contributed by atoms with Crippen LogP contribution in [0.25, 0.3) is 0 Å². The van der Waals surface area contributed by atoms with Crippen LogP contribution < -0.4 is 5.32 Å². The number of carbonyl (C=O) groups excluding carboxylic acids is 2. The maximum absolute atomic E-state index is 11.4. The number of esters is 1. The smallest absolute Gasteiger partial charge is 0.303 e. The molecule has 1 rings (SSSR count). The van der Waals surface area contributed by atoms with Crippen LogP contribution in [0.3, 0.4) is 0 Å². The second kappa shape index (κ2) is 4.61. The Morgan fingerprint density at radius 1 is 1.64 bits per heavy atom. The predicted molar refractivity (Wildman–Crippen MR) is 46.9 cm³/mol. The third-order valence-corrected chi connectivity index (χ3v) is 1.80. The van der Waals surface area contributed by atoms with Crippen molar-refractivity contribution in [2.45, 2.75) is 38.3 Å². The highest BCUT2D eigenvalue weighted by Crippen LogP contribution is 2.19. The van der Waals surface area contributed by atoms with Crippen molar-refractivity contribution in [3.05, 3.63) is 0 Å². The summed E-state index contributed by atoms with van der Waals surface area (Å²) in [4.78, 5) is 22.0. The molecule has 1 fully saturated rings. The maximum Gasteiger partial charge on any atom is 0.303 e. The molecule has 1 amide bonds. The molecular weight excluding hydrogens is 184 g/mol. The van der Waals surface area contributed by atoms with Gasteiger partial charge >= 0.3 is 5.97 Å². The quantitative estimate of drug-likeness (QED) is 0.647. The molecule has 5 heteroatoms. The lowest BCUT2D eigenvalue weighted by molar-refractivity contribution is -0.153. The number of ether oxygens (including phenoxy) is 1. The van der Waals surface area contributed by atoms with Gasteiger partial charge in [-0.2, -0.15) is 5.26 Å². The van der Waals surface area contributed by atoms with E-state index in [4.69, 9.17) is 10.00 Å². The van der Waals surface area contributed by atoms with Crippen molar-refractivity contribution in [2.75, 3.05) is 0 Å². The summed E-state index contributed by atoms with van der Waals surface area (Å²) in [6, 6.07) is 2.02. The van der Waals surface area contributed by atoms with Crippen molar-refractivity contribution >= 4 is 11.9 Å². The van der Waals surface area contributed by atoms with Gasteiger partial charge in [0.05, 0.1) is 12.5 Å². The van der Waals surface area contributed by atoms with E-state index in [-0.39, 0.29) is 18.4 Å². The standard InChI is InChI=1S/C9H12N2O3/c1-6(12)14-8(4-5-10)9(13)11-7-2-3-7/h7-8H,2-4H2,1H3,(H,11,13). The van der Waals surface area contributed by atoms with Gasteiger partial charge in [-0.15, -0.1) is 0 Å². The van der Waals surface area contributed by atoms with Crippen LogP contribution >= 0.6 is 0 Å². The minimum absolute atomic E-state index is 0.0991. The molecular formula is C9H12N2O3. The molecule has 0 radical (unpaired) electrons. The first kappa shape index (κ1) is 10.5. The Labute approximate surface area is 82.0 Å². The number of nitrogens with zero attached hydrogens (tertiary/aromatic N) is 1. The molecule has 1 N–H and O–H groups in total. The number of rotatable bonds is 4. The van der Waals surface area contributed by atoms with Crippen molar-refractivity contribution in [1.29, 1.82) is 5.26 Å². The van der Waals surface area contributed by atoms with E-state index in [1.54, 1.807) is 0 Å². The molecule has 0 spiro atoms. The summed E-state index contributed by atoms with van der Waals surface area (Å²) in [5.41, 5.74) is 0. The molecule has 5 nitrogen and oxygen atoms in total. The van der Waals surface area contributed by atoms with E-state index in [0.717, 1.165) is 12.8 Å². The van der Waals surface area contributed by atoms with Gasteiger partial charge in [-0.05, 0) is 12.8 Å². The Morgan fingerprint density at radius 2 is 2.29 bits per heavy atom. The molecule has 1 atom stereocenters. The Balaban J connectivity index is 2.42. The summed E-state index contributed by atoms with van der Waals surface area (Å²) in [5.74, 6) is -0.916. The first-order chi connectivity index (χ1) is 6.63. The Hall–Kier alpha value is -1.57. The molecule has 14 heavy (non-hydrogen) atoms. The number of nitriles is 1. The minimum atomic E-state index is -0.960. The molecule has 1 unspecified atom stereocenters. The van der Waals surface area contributed by atoms with Gasteiger partial charge in [-0.25, -0.2) is 0 Å². The Kier molecular flexibility index (Phi) is 3.46. The van der Waals surface area contributed by atoms with E-state index in [0.29, 0.717) is 0 Å². The first-order valence-corrected chi connectivity index (χ1v) is 4.48. The fraction of sp³-hybridized carbons (Fsp3) is 0.667. The van der Waals surface area contributed by atoms with E-state index < -0.39 is 12.1 Å². The molecule has 0 aromatic heterocycles. The van der Waals surface area contributed by atoms with Gasteiger partial charge in [0.2, 0.25) is 0 Å². The van der Waals surface area contributed by atoms with Gasteiger partial charge in [-0.3, -0.25) is 9.59 Å². The van der Waals surface area contributed by atoms with Crippen LogP contribution in [0.4, 0.5) is 0 Å². The zero-order valence-electron chi connectivity index (χ0n) is 7.95. The van der Waals surface area contributed by atoms with Gasteiger partial charge in [0.15, 0.2) is 6.10 Å². The topological polar surface area (TPSA) is 79.2 Å². The molecule has 1 saturated carbocycles. The Bertz CT molecular complexity index is 278. The molecule has 0 saturated heterocycles. The number of carbonyl (C=O) groups is 2. The van der Waals surface area contributed by atoms with Crippen LogP contribution in [-0.4, -0.2) is 24.0 Å². The number of amides is 1. The molecule has 0 aromatic rings. The number of hydrogen-bond donors (Lipinski definition) is 1. The lowest BCUT2D eigenvalue weighted by Crippen LogP contribution is -2.38. The van der Waals surface area contributed by atoms with Crippen LogP contribution in [0.2, 0.25) is 0 Å². The first-order valence-electron chi connectivity index (χ1n) is 4.48. The van der Waals surface area contributed by atoms with Crippen LogP contribution in [0.1, 0.15) is 26.2 Å². The van der Waals surface area contributed by atoms with Gasteiger partial charge in [0.25, 0.3) is 5.91 Å². The lowest BCUT2D eigenvalue weighted by Gasteiger charge is -2.13. The highest BCUT2D eigenvalue weighted by atomic mass is 16.5. The zero-order chi connectivity index (χ0) is 10.6. The predicted octanol–water partition coefficient (Wildman–Crippen LogP) is 0.110. The maximum atomic E-state index is 11.4. The molecule has 0 bridgehead atoms. The zero-order valence-corrected chi connectivity index (χ0v) is 7.95. The van der Waals surface area contributed by atoms with Crippen molar-refractivity contribution in [1.82, 2.24) is 5.32 Å². The third-order valence-electron chi connectivity index (χ3n) is 1.80. The molecule has 0 aromatic carbocycles. The average molecular weight is 196 g/mol. The summed E-state index contributed by atoms with van der Waals surface area (Å²) in [6.07, 6.45) is 0.868. The van der Waals surface area contributed by atoms with Gasteiger partial charge in [-0.1, -0.05) is 0 Å². The van der Waals surface area contributed by atoms with Gasteiger partial charge in [0, 0.05) is 13.0 Å². The third kappa shape index (κ3) is 3.44. The van der Waals surface area contributed by atoms with E-state index in [1.165, 1.54) is 6.92 Å². The minimum Gasteiger partial charge on any atom is -0.451 e. The molecule has 0 heterocycles. The number of nitrogens with one attached hydrogen (secondary N) is 1. The summed E-state index contributed by atoms with van der Waals surface area (Å²) in [5, 5.41) is 11.1. The monoisotopic (exact) mass is 196 g/mol. The lowest BCUT2D eigenvalue weighted by atomic mass is 10.2. The summed E-state index contributed by atoms with van der Waals surface area (Å²) >= 11 is 0. The van der Waals surface area contributed by atoms with Crippen LogP contribution in [0, 0.1) is 11.3 Å². The fourth-order valence-corrected chi connectivity index (χ4v) is 0.993. The van der Waals surface area contributed by atoms with Crippen molar-refractivity contribution in [3.63, 3.8) is 0 Å². The normalized spacial score (nSPS) is 16.6. The SMILES string of the molecule is CC(=O)OC(CC#N)C(=O)NC1CC1. The second-order valence-electron chi connectivity index (χ2n) is 3.24. The van der Waals surface area contributed by atoms with Crippen LogP contribution in [-0.2, 0) is 14.3 Å². The summed E-state index contributed by atoms with van der Waals surface area (Å²) in [6.45, 7) is 1.22. The van der Waals surface area contributed by atoms with E-state index >= 15 is 0 Å². The Morgan fingerprint density at radius 3 is 2.71 bits per heavy atom. The molecule has 76 valence electrons. The summed E-state index contributed by atoms with van der Waals surface area (Å²) in [7, 11) is 0. The average Bonchev–Trinajstić information content (AvgIpc) is 2.86.